The van der Waals surface area contributed by atoms with Crippen LogP contribution >= 0.6 is 0 Å². The van der Waals surface area contributed by atoms with Crippen molar-refractivity contribution in [2.75, 3.05) is 32.1 Å². The number of aliphatic hydroxyl groups is 3. The van der Waals surface area contributed by atoms with Crippen molar-refractivity contribution < 1.29 is 34.8 Å². The number of aromatic hydroxyl groups is 1. The molecule has 10 nitrogen and oxygen atoms in total. The topological polar surface area (TPSA) is 165 Å². The predicted molar refractivity (Wildman–Crippen MR) is 130 cm³/mol. The van der Waals surface area contributed by atoms with Gasteiger partial charge in [-0.3, -0.25) is 14.4 Å². The molecular weight excluding hydrogens is 466 g/mol. The first-order chi connectivity index (χ1) is 17.0. The van der Waals surface area contributed by atoms with Gasteiger partial charge in [-0.05, 0) is 63.4 Å². The number of amides is 1. The number of nitrogens with zero attached hydrogens (tertiary/aromatic N) is 2. The van der Waals surface area contributed by atoms with Crippen LogP contribution in [0.1, 0.15) is 36.8 Å². The van der Waals surface area contributed by atoms with Gasteiger partial charge in [0.15, 0.2) is 11.4 Å². The van der Waals surface area contributed by atoms with Crippen LogP contribution in [0.2, 0.25) is 0 Å². The van der Waals surface area contributed by atoms with Gasteiger partial charge in [0, 0.05) is 31.0 Å². The first kappa shape index (κ1) is 24.3. The van der Waals surface area contributed by atoms with Crippen LogP contribution < -0.4 is 10.6 Å². The van der Waals surface area contributed by atoms with E-state index >= 15 is 0 Å². The number of aliphatic hydroxyl groups excluding tert-OH is 2. The number of ketones is 2. The Kier molecular flexibility index (Phi) is 5.64. The second kappa shape index (κ2) is 8.35. The molecule has 3 unspecified atom stereocenters. The molecule has 5 rings (SSSR count). The van der Waals surface area contributed by atoms with E-state index in [0.717, 1.165) is 25.9 Å². The molecule has 4 aliphatic rings. The van der Waals surface area contributed by atoms with Gasteiger partial charge < -0.3 is 36.0 Å². The van der Waals surface area contributed by atoms with Crippen molar-refractivity contribution in [3.8, 4) is 5.75 Å². The first-order valence-electron chi connectivity index (χ1n) is 12.2. The van der Waals surface area contributed by atoms with Crippen LogP contribution in [0.3, 0.4) is 0 Å². The molecule has 1 aromatic rings. The van der Waals surface area contributed by atoms with Crippen LogP contribution in [-0.4, -0.2) is 81.6 Å². The molecule has 0 bridgehead atoms. The summed E-state index contributed by atoms with van der Waals surface area (Å²) in [6.07, 6.45) is 1.94. The van der Waals surface area contributed by atoms with E-state index in [2.05, 4.69) is 11.9 Å². The number of nitrogens with two attached hydrogens (primary N) is 1. The molecule has 3 atom stereocenters. The zero-order chi connectivity index (χ0) is 26.1. The van der Waals surface area contributed by atoms with Crippen molar-refractivity contribution in [3.05, 3.63) is 40.2 Å². The summed E-state index contributed by atoms with van der Waals surface area (Å²) >= 11 is 0. The number of phenolic OH excluding ortho intramolecular Hbond substituents is 1. The lowest BCUT2D eigenvalue weighted by Gasteiger charge is -2.46. The molecule has 3 aliphatic carbocycles. The van der Waals surface area contributed by atoms with Crippen molar-refractivity contribution in [1.82, 2.24) is 4.90 Å². The third kappa shape index (κ3) is 3.35. The first-order valence-corrected chi connectivity index (χ1v) is 12.2. The number of Topliss-reactive ketones (excluding diaryl/α,β-unsaturated/α-hetero) is 2. The second-order valence-corrected chi connectivity index (χ2v) is 10.5. The molecule has 1 heterocycles. The molecule has 1 aromatic carbocycles. The average Bonchev–Trinajstić information content (AvgIpc) is 2.81. The van der Waals surface area contributed by atoms with Crippen LogP contribution in [0.5, 0.6) is 5.75 Å². The van der Waals surface area contributed by atoms with Gasteiger partial charge in [0.2, 0.25) is 5.78 Å². The van der Waals surface area contributed by atoms with E-state index in [0.29, 0.717) is 17.7 Å². The smallest absolute Gasteiger partial charge is 0.255 e. The molecule has 1 saturated heterocycles. The lowest BCUT2D eigenvalue weighted by molar-refractivity contribution is -0.147. The number of benzene rings is 1. The van der Waals surface area contributed by atoms with Crippen LogP contribution in [0.4, 0.5) is 5.69 Å². The van der Waals surface area contributed by atoms with Gasteiger partial charge in [-0.25, -0.2) is 0 Å². The summed E-state index contributed by atoms with van der Waals surface area (Å²) in [6.45, 7) is 1.86. The Morgan fingerprint density at radius 2 is 1.81 bits per heavy atom. The standard InChI is InChI=1S/C26H31N3O7/c1-28-7-5-15(6-8-28)29(2)16-4-3-12-9-13-10-14-11-17(30)20(25(27)35)24(34)26(14,36)23(33)19(13)22(32)18(12)21(16)31/h3-4,13-15,31-32,34,36H,5-11H2,1-2H3,(H2,27,35). The Labute approximate surface area is 208 Å². The fraction of sp³-hybridized carbons (Fsp3) is 0.500. The third-order valence-electron chi connectivity index (χ3n) is 8.53. The Bertz CT molecular complexity index is 1240. The number of hydrogen-bond acceptors (Lipinski definition) is 9. The quantitative estimate of drug-likeness (QED) is 0.382. The predicted octanol–water partition coefficient (Wildman–Crippen LogP) is 0.954. The Balaban J connectivity index is 1.58. The number of rotatable bonds is 3. The Hall–Kier alpha value is -3.37. The highest BCUT2D eigenvalue weighted by Gasteiger charge is 2.60. The summed E-state index contributed by atoms with van der Waals surface area (Å²) in [5.41, 5.74) is 3.06. The van der Waals surface area contributed by atoms with Crippen LogP contribution in [0, 0.1) is 11.8 Å². The fourth-order valence-corrected chi connectivity index (χ4v) is 6.45. The molecule has 1 amide bonds. The lowest BCUT2D eigenvalue weighted by atomic mass is 9.59. The highest BCUT2D eigenvalue weighted by molar-refractivity contribution is 6.22. The van der Waals surface area contributed by atoms with Gasteiger partial charge >= 0.3 is 0 Å². The molecule has 6 N–H and O–H groups in total. The lowest BCUT2D eigenvalue weighted by Crippen LogP contribution is -2.58. The van der Waals surface area contributed by atoms with Crippen molar-refractivity contribution >= 4 is 28.9 Å². The van der Waals surface area contributed by atoms with Crippen molar-refractivity contribution in [1.29, 1.82) is 0 Å². The van der Waals surface area contributed by atoms with E-state index < -0.39 is 52.0 Å². The Morgan fingerprint density at radius 3 is 2.44 bits per heavy atom. The summed E-state index contributed by atoms with van der Waals surface area (Å²) in [6, 6.07) is 3.83. The monoisotopic (exact) mass is 497 g/mol. The van der Waals surface area contributed by atoms with E-state index in [9.17, 15) is 34.8 Å². The normalized spacial score (nSPS) is 29.1. The molecule has 1 saturated carbocycles. The van der Waals surface area contributed by atoms with Gasteiger partial charge in [-0.1, -0.05) is 6.07 Å². The van der Waals surface area contributed by atoms with E-state index in [-0.39, 0.29) is 35.8 Å². The van der Waals surface area contributed by atoms with Gasteiger partial charge in [-0.15, -0.1) is 0 Å². The largest absolute Gasteiger partial charge is 0.508 e. The second-order valence-electron chi connectivity index (χ2n) is 10.5. The molecule has 0 spiro atoms. The molecule has 36 heavy (non-hydrogen) atoms. The molecule has 10 heteroatoms. The van der Waals surface area contributed by atoms with Crippen molar-refractivity contribution in [3.63, 3.8) is 0 Å². The number of carbonyl (C=O) groups is 3. The number of primary amides is 1. The van der Waals surface area contributed by atoms with Gasteiger partial charge in [0.05, 0.1) is 11.3 Å². The number of carbonyl (C=O) groups excluding carboxylic acids is 3. The zero-order valence-corrected chi connectivity index (χ0v) is 20.3. The van der Waals surface area contributed by atoms with Crippen LogP contribution in [0.25, 0.3) is 5.76 Å². The Morgan fingerprint density at radius 1 is 1.14 bits per heavy atom. The van der Waals surface area contributed by atoms with E-state index in [1.807, 2.05) is 24.1 Å². The maximum absolute atomic E-state index is 13.6. The van der Waals surface area contributed by atoms with E-state index in [1.54, 1.807) is 0 Å². The zero-order valence-electron chi connectivity index (χ0n) is 20.3. The molecule has 0 aromatic heterocycles. The highest BCUT2D eigenvalue weighted by atomic mass is 16.3. The van der Waals surface area contributed by atoms with Crippen molar-refractivity contribution in [2.45, 2.75) is 43.7 Å². The minimum Gasteiger partial charge on any atom is -0.508 e. The molecule has 0 radical (unpaired) electrons. The average molecular weight is 498 g/mol. The van der Waals surface area contributed by atoms with E-state index in [4.69, 9.17) is 5.73 Å². The van der Waals surface area contributed by atoms with Crippen LogP contribution in [0.15, 0.2) is 29.0 Å². The van der Waals surface area contributed by atoms with E-state index in [1.165, 1.54) is 0 Å². The summed E-state index contributed by atoms with van der Waals surface area (Å²) in [7, 11) is 3.95. The van der Waals surface area contributed by atoms with Gasteiger partial charge in [-0.2, -0.15) is 0 Å². The summed E-state index contributed by atoms with van der Waals surface area (Å²) < 4.78 is 0. The number of hydrogen-bond donors (Lipinski definition) is 5. The number of likely N-dealkylation sites (tertiary alicyclic amines) is 1. The fourth-order valence-electron chi connectivity index (χ4n) is 6.45. The SMILES string of the molecule is CN1CCC(N(C)c2ccc3c(c2O)C(O)=C2C(=O)C4(O)C(O)=C(C(N)=O)C(=O)CC4CC2C3)CC1. The maximum Gasteiger partial charge on any atom is 0.255 e. The molecule has 192 valence electrons. The minimum absolute atomic E-state index is 0.124. The minimum atomic E-state index is -2.55. The number of phenols is 1. The summed E-state index contributed by atoms with van der Waals surface area (Å²) in [5.74, 6) is -6.11. The maximum atomic E-state index is 13.6. The number of fused-ring (bicyclic) bond motifs is 3. The number of piperidine rings is 1. The van der Waals surface area contributed by atoms with Gasteiger partial charge in [0.25, 0.3) is 5.91 Å². The summed E-state index contributed by atoms with van der Waals surface area (Å²) in [5, 5.41) is 44.5. The summed E-state index contributed by atoms with van der Waals surface area (Å²) in [4.78, 5) is 42.0. The molecule has 2 fully saturated rings. The molecular formula is C26H31N3O7. The highest BCUT2D eigenvalue weighted by Crippen LogP contribution is 2.52. The molecule has 1 aliphatic heterocycles. The third-order valence-corrected chi connectivity index (χ3v) is 8.53. The number of anilines is 1. The van der Waals surface area contributed by atoms with Crippen molar-refractivity contribution in [2.24, 2.45) is 17.6 Å². The van der Waals surface area contributed by atoms with Crippen LogP contribution in [-0.2, 0) is 20.8 Å². The van der Waals surface area contributed by atoms with Gasteiger partial charge in [0.1, 0.15) is 22.8 Å².